The lowest BCUT2D eigenvalue weighted by Gasteiger charge is -2.37. The molecule has 2 N–H and O–H groups in total. The molecule has 1 aliphatic heterocycles. The summed E-state index contributed by atoms with van der Waals surface area (Å²) in [6.07, 6.45) is 1.10. The van der Waals surface area contributed by atoms with Crippen LogP contribution in [0.3, 0.4) is 0 Å². The second-order valence-corrected chi connectivity index (χ2v) is 11.6. The Kier molecular flexibility index (Phi) is 5.97. The second-order valence-electron chi connectivity index (χ2n) is 9.04. The number of hydrogen-bond acceptors (Lipinski definition) is 8. The van der Waals surface area contributed by atoms with Crippen molar-refractivity contribution in [2.24, 2.45) is 5.41 Å². The third-order valence-electron chi connectivity index (χ3n) is 5.99. The highest BCUT2D eigenvalue weighted by atomic mass is 32.2. The van der Waals surface area contributed by atoms with Crippen molar-refractivity contribution >= 4 is 38.1 Å². The van der Waals surface area contributed by atoms with Gasteiger partial charge in [-0.15, -0.1) is 10.2 Å². The Morgan fingerprint density at radius 1 is 1.06 bits per heavy atom. The Hall–Kier alpha value is -3.83. The van der Waals surface area contributed by atoms with Crippen molar-refractivity contribution in [2.75, 3.05) is 16.3 Å². The maximum atomic E-state index is 13.4. The molecular weight excluding hydrogens is 498 g/mol. The maximum Gasteiger partial charge on any atom is 0.232 e. The number of nitrogens with zero attached hydrogens (tertiary/aromatic N) is 3. The van der Waals surface area contributed by atoms with E-state index in [4.69, 9.17) is 9.72 Å². The minimum atomic E-state index is -3.42. The van der Waals surface area contributed by atoms with E-state index in [0.29, 0.717) is 28.1 Å². The zero-order valence-electron chi connectivity index (χ0n) is 19.7. The van der Waals surface area contributed by atoms with Crippen LogP contribution in [-0.2, 0) is 14.8 Å². The van der Waals surface area contributed by atoms with E-state index in [1.54, 1.807) is 23.7 Å². The third-order valence-corrected chi connectivity index (χ3v) is 7.20. The molecule has 9 nitrogen and oxygen atoms in total. The lowest BCUT2D eigenvalue weighted by atomic mass is 9.69. The summed E-state index contributed by atoms with van der Waals surface area (Å²) in [5, 5.41) is 11.0. The summed E-state index contributed by atoms with van der Waals surface area (Å²) in [5.41, 5.74) is 4.11. The number of anilines is 2. The van der Waals surface area contributed by atoms with Gasteiger partial charge in [-0.25, -0.2) is 13.4 Å². The number of ether oxygens (including phenoxy) is 1. The molecule has 1 amide bonds. The maximum absolute atomic E-state index is 13.4. The lowest BCUT2D eigenvalue weighted by molar-refractivity contribution is -0.124. The number of rotatable bonds is 6. The average Bonchev–Trinajstić information content (AvgIpc) is 3.34. The molecule has 184 valence electrons. The van der Waals surface area contributed by atoms with E-state index in [1.807, 2.05) is 56.3 Å². The van der Waals surface area contributed by atoms with E-state index in [2.05, 4.69) is 20.2 Å². The van der Waals surface area contributed by atoms with Crippen molar-refractivity contribution in [3.8, 4) is 22.9 Å². The van der Waals surface area contributed by atoms with Gasteiger partial charge in [0.15, 0.2) is 0 Å². The summed E-state index contributed by atoms with van der Waals surface area (Å²) in [5.74, 6) is 0.485. The second kappa shape index (κ2) is 8.99. The SMILES string of the molecule is CC(C)(C(=O)Nc1nncs1)[C@H]1c2ccccc2Oc2nc(-c3cccc(NS(C)(=O)=O)c3)ccc21. The number of nitrogens with one attached hydrogen (secondary N) is 2. The standard InChI is InChI=1S/C25H23N5O4S2/c1-25(2,23(31)28-24-29-26-14-35-24)21-17-9-4-5-10-20(17)34-22-18(21)11-12-19(27-22)15-7-6-8-16(13-15)30-36(3,32)33/h4-14,21,30H,1-3H3,(H,28,29,31)/t21-/m0/s1. The van der Waals surface area contributed by atoms with E-state index >= 15 is 0 Å². The Balaban J connectivity index is 1.55. The van der Waals surface area contributed by atoms with Crippen LogP contribution < -0.4 is 14.8 Å². The smallest absolute Gasteiger partial charge is 0.232 e. The Labute approximate surface area is 212 Å². The van der Waals surface area contributed by atoms with E-state index in [0.717, 1.165) is 22.9 Å². The van der Waals surface area contributed by atoms with Crippen molar-refractivity contribution in [2.45, 2.75) is 19.8 Å². The Morgan fingerprint density at radius 3 is 2.61 bits per heavy atom. The highest BCUT2D eigenvalue weighted by molar-refractivity contribution is 7.92. The van der Waals surface area contributed by atoms with Gasteiger partial charge in [0.2, 0.25) is 26.9 Å². The van der Waals surface area contributed by atoms with Crippen molar-refractivity contribution in [3.63, 3.8) is 0 Å². The van der Waals surface area contributed by atoms with Gasteiger partial charge in [-0.2, -0.15) is 0 Å². The minimum absolute atomic E-state index is 0.199. The van der Waals surface area contributed by atoms with Crippen LogP contribution in [0.4, 0.5) is 10.8 Å². The molecule has 3 heterocycles. The number of pyridine rings is 1. The number of carbonyl (C=O) groups is 1. The molecule has 0 aliphatic carbocycles. The number of amides is 1. The van der Waals surface area contributed by atoms with Gasteiger partial charge in [-0.3, -0.25) is 9.52 Å². The molecular formula is C25H23N5O4S2. The highest BCUT2D eigenvalue weighted by Crippen LogP contribution is 2.52. The van der Waals surface area contributed by atoms with Gasteiger partial charge in [-0.1, -0.05) is 61.6 Å². The molecule has 2 aromatic carbocycles. The molecule has 2 aromatic heterocycles. The molecule has 36 heavy (non-hydrogen) atoms. The normalized spacial score (nSPS) is 14.8. The zero-order valence-corrected chi connectivity index (χ0v) is 21.4. The number of aromatic nitrogens is 3. The Bertz CT molecular complexity index is 1550. The fourth-order valence-corrected chi connectivity index (χ4v) is 5.34. The van der Waals surface area contributed by atoms with Crippen LogP contribution in [0.2, 0.25) is 0 Å². The number of fused-ring (bicyclic) bond motifs is 2. The van der Waals surface area contributed by atoms with Crippen LogP contribution in [0.5, 0.6) is 11.6 Å². The summed E-state index contributed by atoms with van der Waals surface area (Å²) in [4.78, 5) is 18.2. The predicted octanol–water partition coefficient (Wildman–Crippen LogP) is 4.87. The summed E-state index contributed by atoms with van der Waals surface area (Å²) in [7, 11) is -3.42. The van der Waals surface area contributed by atoms with Crippen molar-refractivity contribution in [1.29, 1.82) is 0 Å². The summed E-state index contributed by atoms with van der Waals surface area (Å²) < 4.78 is 32.0. The quantitative estimate of drug-likeness (QED) is 0.371. The van der Waals surface area contributed by atoms with Crippen LogP contribution >= 0.6 is 11.3 Å². The van der Waals surface area contributed by atoms with Crippen LogP contribution in [0.15, 0.2) is 66.2 Å². The minimum Gasteiger partial charge on any atom is -0.438 e. The Morgan fingerprint density at radius 2 is 1.86 bits per heavy atom. The molecule has 4 aromatic rings. The zero-order chi connectivity index (χ0) is 25.5. The van der Waals surface area contributed by atoms with E-state index in [-0.39, 0.29) is 11.8 Å². The highest BCUT2D eigenvalue weighted by Gasteiger charge is 2.44. The topological polar surface area (TPSA) is 123 Å². The van der Waals surface area contributed by atoms with Crippen molar-refractivity contribution in [1.82, 2.24) is 15.2 Å². The van der Waals surface area contributed by atoms with Crippen LogP contribution in [0.25, 0.3) is 11.3 Å². The first kappa shape index (κ1) is 23.9. The molecule has 5 rings (SSSR count). The van der Waals surface area contributed by atoms with Crippen LogP contribution in [0.1, 0.15) is 30.9 Å². The van der Waals surface area contributed by atoms with Gasteiger partial charge < -0.3 is 10.1 Å². The van der Waals surface area contributed by atoms with E-state index < -0.39 is 15.4 Å². The fraction of sp³-hybridized carbons (Fsp3) is 0.200. The first-order valence-corrected chi connectivity index (χ1v) is 13.8. The van der Waals surface area contributed by atoms with Gasteiger partial charge in [0.05, 0.1) is 17.4 Å². The molecule has 0 saturated carbocycles. The fourth-order valence-electron chi connectivity index (χ4n) is 4.35. The van der Waals surface area contributed by atoms with E-state index in [1.165, 1.54) is 11.3 Å². The third kappa shape index (κ3) is 4.67. The van der Waals surface area contributed by atoms with Gasteiger partial charge in [0, 0.05) is 28.3 Å². The number of hydrogen-bond donors (Lipinski definition) is 2. The molecule has 0 radical (unpaired) electrons. The molecule has 1 atom stereocenters. The summed E-state index contributed by atoms with van der Waals surface area (Å²) >= 11 is 1.26. The van der Waals surface area contributed by atoms with Gasteiger partial charge in [-0.05, 0) is 24.3 Å². The number of benzene rings is 2. The molecule has 0 fully saturated rings. The summed E-state index contributed by atoms with van der Waals surface area (Å²) in [6, 6.07) is 18.3. The molecule has 0 bridgehead atoms. The van der Waals surface area contributed by atoms with Gasteiger partial charge in [0.25, 0.3) is 0 Å². The molecule has 0 unspecified atom stereocenters. The number of carbonyl (C=O) groups excluding carboxylic acids is 1. The van der Waals surface area contributed by atoms with Gasteiger partial charge >= 0.3 is 0 Å². The molecule has 0 spiro atoms. The van der Waals surface area contributed by atoms with Crippen LogP contribution in [-0.4, -0.2) is 35.8 Å². The van der Waals surface area contributed by atoms with E-state index in [9.17, 15) is 13.2 Å². The first-order chi connectivity index (χ1) is 17.1. The average molecular weight is 522 g/mol. The summed E-state index contributed by atoms with van der Waals surface area (Å²) in [6.45, 7) is 3.77. The first-order valence-electron chi connectivity index (χ1n) is 11.1. The largest absolute Gasteiger partial charge is 0.438 e. The predicted molar refractivity (Wildman–Crippen MR) is 139 cm³/mol. The number of para-hydroxylation sites is 1. The number of sulfonamides is 1. The molecule has 1 aliphatic rings. The molecule has 11 heteroatoms. The van der Waals surface area contributed by atoms with Crippen molar-refractivity contribution < 1.29 is 17.9 Å². The van der Waals surface area contributed by atoms with Crippen LogP contribution in [0, 0.1) is 5.41 Å². The lowest BCUT2D eigenvalue weighted by Crippen LogP contribution is -2.38. The molecule has 0 saturated heterocycles. The van der Waals surface area contributed by atoms with Crippen molar-refractivity contribution in [3.05, 3.63) is 77.3 Å². The van der Waals surface area contributed by atoms with Gasteiger partial charge in [0.1, 0.15) is 11.3 Å². The monoisotopic (exact) mass is 521 g/mol.